The standard InChI is InChI=1S/C20H23BrN2OS/c21-14-6-3-5-13(11-14)15-12-16(15)20(24)22-10-4-9-19-23-17-7-1-2-8-18(17)25-19/h3,5-6,11,15-16H,1-2,4,7-10,12H2,(H,22,24). The molecule has 2 unspecified atom stereocenters. The summed E-state index contributed by atoms with van der Waals surface area (Å²) in [5, 5.41) is 4.37. The van der Waals surface area contributed by atoms with Crippen LogP contribution in [-0.2, 0) is 24.1 Å². The average molecular weight is 419 g/mol. The fraction of sp³-hybridized carbons (Fsp3) is 0.500. The highest BCUT2D eigenvalue weighted by Gasteiger charge is 2.43. The number of carbonyl (C=O) groups is 1. The van der Waals surface area contributed by atoms with Gasteiger partial charge < -0.3 is 5.32 Å². The molecule has 2 atom stereocenters. The molecular weight excluding hydrogens is 396 g/mol. The Bertz CT molecular complexity index is 749. The SMILES string of the molecule is O=C(NCCCc1nc2c(s1)CCCC2)C1CC1c1cccc(Br)c1. The molecule has 1 aromatic carbocycles. The Balaban J connectivity index is 1.20. The molecule has 1 fully saturated rings. The monoisotopic (exact) mass is 418 g/mol. The second kappa shape index (κ2) is 7.58. The van der Waals surface area contributed by atoms with Crippen molar-refractivity contribution in [2.75, 3.05) is 6.54 Å². The van der Waals surface area contributed by atoms with Gasteiger partial charge in [0.05, 0.1) is 10.7 Å². The van der Waals surface area contributed by atoms with Crippen molar-refractivity contribution in [3.05, 3.63) is 49.9 Å². The third kappa shape index (κ3) is 4.14. The Morgan fingerprint density at radius 3 is 3.04 bits per heavy atom. The summed E-state index contributed by atoms with van der Waals surface area (Å²) in [6.07, 6.45) is 7.90. The van der Waals surface area contributed by atoms with E-state index in [4.69, 9.17) is 4.98 Å². The average Bonchev–Trinajstić information content (AvgIpc) is 3.31. The molecule has 0 spiro atoms. The predicted molar refractivity (Wildman–Crippen MR) is 105 cm³/mol. The smallest absolute Gasteiger partial charge is 0.223 e. The summed E-state index contributed by atoms with van der Waals surface area (Å²) in [6.45, 7) is 0.755. The van der Waals surface area contributed by atoms with Gasteiger partial charge in [-0.25, -0.2) is 4.98 Å². The topological polar surface area (TPSA) is 42.0 Å². The van der Waals surface area contributed by atoms with E-state index in [1.165, 1.54) is 40.4 Å². The molecule has 2 aliphatic rings. The van der Waals surface area contributed by atoms with Crippen LogP contribution in [0.3, 0.4) is 0 Å². The number of carbonyl (C=O) groups excluding carboxylic acids is 1. The maximum absolute atomic E-state index is 12.3. The van der Waals surface area contributed by atoms with Crippen molar-refractivity contribution < 1.29 is 4.79 Å². The van der Waals surface area contributed by atoms with E-state index in [1.807, 2.05) is 23.5 Å². The Hall–Kier alpha value is -1.20. The summed E-state index contributed by atoms with van der Waals surface area (Å²) in [4.78, 5) is 18.6. The maximum Gasteiger partial charge on any atom is 0.223 e. The van der Waals surface area contributed by atoms with E-state index in [9.17, 15) is 4.79 Å². The molecule has 2 aromatic rings. The number of halogens is 1. The highest BCUT2D eigenvalue weighted by atomic mass is 79.9. The zero-order valence-corrected chi connectivity index (χ0v) is 16.7. The van der Waals surface area contributed by atoms with Crippen LogP contribution in [0.2, 0.25) is 0 Å². The van der Waals surface area contributed by atoms with Crippen molar-refractivity contribution in [2.45, 2.75) is 50.9 Å². The second-order valence-electron chi connectivity index (χ2n) is 7.08. The number of benzene rings is 1. The molecule has 0 saturated heterocycles. The Kier molecular flexibility index (Phi) is 5.23. The summed E-state index contributed by atoms with van der Waals surface area (Å²) >= 11 is 5.39. The first-order chi connectivity index (χ1) is 12.2. The van der Waals surface area contributed by atoms with Gasteiger partial charge in [-0.1, -0.05) is 28.1 Å². The third-order valence-corrected chi connectivity index (χ3v) is 6.87. The van der Waals surface area contributed by atoms with Crippen LogP contribution in [0, 0.1) is 5.92 Å². The van der Waals surface area contributed by atoms with E-state index in [2.05, 4.69) is 33.4 Å². The van der Waals surface area contributed by atoms with Crippen LogP contribution in [0.25, 0.3) is 0 Å². The van der Waals surface area contributed by atoms with E-state index in [1.54, 1.807) is 0 Å². The van der Waals surface area contributed by atoms with Gasteiger partial charge in [-0.05, 0) is 62.1 Å². The Morgan fingerprint density at radius 2 is 2.20 bits per heavy atom. The van der Waals surface area contributed by atoms with Crippen LogP contribution >= 0.6 is 27.3 Å². The fourth-order valence-electron chi connectivity index (χ4n) is 3.69. The Labute approximate surface area is 161 Å². The lowest BCUT2D eigenvalue weighted by atomic mass is 10.0. The van der Waals surface area contributed by atoms with Gasteiger partial charge in [0.2, 0.25) is 5.91 Å². The summed E-state index contributed by atoms with van der Waals surface area (Å²) in [5.41, 5.74) is 2.60. The maximum atomic E-state index is 12.3. The number of aryl methyl sites for hydroxylation is 3. The zero-order chi connectivity index (χ0) is 17.2. The van der Waals surface area contributed by atoms with Crippen LogP contribution in [0.1, 0.15) is 52.7 Å². The van der Waals surface area contributed by atoms with Crippen molar-refractivity contribution in [1.82, 2.24) is 10.3 Å². The number of nitrogens with zero attached hydrogens (tertiary/aromatic N) is 1. The molecule has 0 radical (unpaired) electrons. The number of rotatable bonds is 6. The minimum atomic E-state index is 0.154. The van der Waals surface area contributed by atoms with E-state index < -0.39 is 0 Å². The van der Waals surface area contributed by atoms with Crippen molar-refractivity contribution >= 4 is 33.2 Å². The van der Waals surface area contributed by atoms with Crippen molar-refractivity contribution in [3.8, 4) is 0 Å². The first-order valence-corrected chi connectivity index (χ1v) is 10.8. The van der Waals surface area contributed by atoms with Crippen LogP contribution in [0.4, 0.5) is 0 Å². The first kappa shape index (κ1) is 17.2. The molecule has 3 nitrogen and oxygen atoms in total. The van der Waals surface area contributed by atoms with E-state index in [0.717, 1.165) is 36.7 Å². The lowest BCUT2D eigenvalue weighted by molar-refractivity contribution is -0.122. The normalized spacial score (nSPS) is 21.6. The van der Waals surface area contributed by atoms with Crippen LogP contribution < -0.4 is 5.32 Å². The molecule has 1 saturated carbocycles. The predicted octanol–water partition coefficient (Wildman–Crippen LogP) is 4.64. The largest absolute Gasteiger partial charge is 0.356 e. The van der Waals surface area contributed by atoms with Gasteiger partial charge in [0.25, 0.3) is 0 Å². The molecule has 5 heteroatoms. The lowest BCUT2D eigenvalue weighted by Crippen LogP contribution is -2.26. The molecular formula is C20H23BrN2OS. The lowest BCUT2D eigenvalue weighted by Gasteiger charge is -2.06. The summed E-state index contributed by atoms with van der Waals surface area (Å²) in [7, 11) is 0. The molecule has 1 aromatic heterocycles. The molecule has 1 heterocycles. The Morgan fingerprint density at radius 1 is 1.32 bits per heavy atom. The van der Waals surface area contributed by atoms with Crippen molar-refractivity contribution in [1.29, 1.82) is 0 Å². The molecule has 132 valence electrons. The van der Waals surface area contributed by atoms with E-state index in [-0.39, 0.29) is 11.8 Å². The van der Waals surface area contributed by atoms with Crippen LogP contribution in [0.15, 0.2) is 28.7 Å². The van der Waals surface area contributed by atoms with Crippen molar-refractivity contribution in [2.24, 2.45) is 5.92 Å². The molecule has 25 heavy (non-hydrogen) atoms. The number of amides is 1. The van der Waals surface area contributed by atoms with Gasteiger partial charge in [-0.2, -0.15) is 0 Å². The second-order valence-corrected chi connectivity index (χ2v) is 9.17. The molecule has 4 rings (SSSR count). The fourth-order valence-corrected chi connectivity index (χ4v) is 5.30. The van der Waals surface area contributed by atoms with Gasteiger partial charge in [0.15, 0.2) is 0 Å². The number of hydrogen-bond donors (Lipinski definition) is 1. The van der Waals surface area contributed by atoms with Gasteiger partial charge in [0, 0.05) is 28.2 Å². The van der Waals surface area contributed by atoms with Gasteiger partial charge >= 0.3 is 0 Å². The number of fused-ring (bicyclic) bond motifs is 1. The summed E-state index contributed by atoms with van der Waals surface area (Å²) in [5.74, 6) is 0.757. The van der Waals surface area contributed by atoms with E-state index in [0.29, 0.717) is 5.92 Å². The molecule has 0 bridgehead atoms. The molecule has 2 aliphatic carbocycles. The highest BCUT2D eigenvalue weighted by Crippen LogP contribution is 2.47. The quantitative estimate of drug-likeness (QED) is 0.694. The molecule has 1 amide bonds. The highest BCUT2D eigenvalue weighted by molar-refractivity contribution is 9.10. The van der Waals surface area contributed by atoms with Gasteiger partial charge in [0.1, 0.15) is 0 Å². The van der Waals surface area contributed by atoms with E-state index >= 15 is 0 Å². The van der Waals surface area contributed by atoms with Gasteiger partial charge in [-0.15, -0.1) is 11.3 Å². The summed E-state index contributed by atoms with van der Waals surface area (Å²) in [6, 6.07) is 8.31. The van der Waals surface area contributed by atoms with Crippen molar-refractivity contribution in [3.63, 3.8) is 0 Å². The van der Waals surface area contributed by atoms with Crippen LogP contribution in [-0.4, -0.2) is 17.4 Å². The molecule has 1 N–H and O–H groups in total. The number of thiazole rings is 1. The minimum Gasteiger partial charge on any atom is -0.356 e. The summed E-state index contributed by atoms with van der Waals surface area (Å²) < 4.78 is 1.09. The van der Waals surface area contributed by atoms with Crippen LogP contribution in [0.5, 0.6) is 0 Å². The number of aromatic nitrogens is 1. The third-order valence-electron chi connectivity index (χ3n) is 5.16. The number of nitrogens with one attached hydrogen (secondary N) is 1. The zero-order valence-electron chi connectivity index (χ0n) is 14.3. The molecule has 0 aliphatic heterocycles. The first-order valence-electron chi connectivity index (χ1n) is 9.21. The minimum absolute atomic E-state index is 0.154. The number of hydrogen-bond acceptors (Lipinski definition) is 3. The van der Waals surface area contributed by atoms with Gasteiger partial charge in [-0.3, -0.25) is 4.79 Å².